The Hall–Kier alpha value is -5.74. The number of hydrogen-bond donors (Lipinski definition) is 0. The summed E-state index contributed by atoms with van der Waals surface area (Å²) in [6, 6.07) is 35.0. The first kappa shape index (κ1) is 20.3. The van der Waals surface area contributed by atoms with Crippen molar-refractivity contribution < 1.29 is 17.7 Å². The van der Waals surface area contributed by atoms with Crippen LogP contribution in [0.25, 0.3) is 21.9 Å². The zero-order valence-electron chi connectivity index (χ0n) is 30.3. The lowest BCUT2D eigenvalue weighted by Crippen LogP contribution is -2.57. The molecule has 0 radical (unpaired) electrons. The van der Waals surface area contributed by atoms with Crippen LogP contribution in [-0.4, -0.2) is 6.71 Å². The second-order valence-electron chi connectivity index (χ2n) is 11.3. The Balaban J connectivity index is 1.42. The molecule has 0 unspecified atom stereocenters. The van der Waals surface area contributed by atoms with E-state index in [4.69, 9.17) is 15.0 Å². The zero-order valence-corrected chi connectivity index (χ0v) is 24.3. The minimum absolute atomic E-state index is 0.0208. The van der Waals surface area contributed by atoms with Gasteiger partial charge in [-0.15, -0.1) is 0 Å². The van der Waals surface area contributed by atoms with Crippen molar-refractivity contribution in [2.24, 2.45) is 0 Å². The van der Waals surface area contributed by atoms with Gasteiger partial charge in [-0.2, -0.15) is 0 Å². The van der Waals surface area contributed by atoms with Gasteiger partial charge in [-0.05, 0) is 53.1 Å². The van der Waals surface area contributed by atoms with Crippen molar-refractivity contribution in [3.63, 3.8) is 0 Å². The molecule has 2 aliphatic rings. The van der Waals surface area contributed by atoms with Gasteiger partial charge >= 0.3 is 0 Å². The van der Waals surface area contributed by atoms with Crippen molar-refractivity contribution in [2.75, 3.05) is 4.90 Å². The molecule has 0 saturated carbocycles. The van der Waals surface area contributed by atoms with Crippen LogP contribution in [0.5, 0.6) is 23.0 Å². The van der Waals surface area contributed by atoms with Crippen molar-refractivity contribution in [1.29, 1.82) is 0 Å². The van der Waals surface area contributed by atoms with Crippen LogP contribution in [0.3, 0.4) is 0 Å². The summed E-state index contributed by atoms with van der Waals surface area (Å²) in [7, 11) is 0. The van der Waals surface area contributed by atoms with Crippen LogP contribution in [0.4, 0.5) is 17.1 Å². The number of ether oxygens (including phenoxy) is 2. The number of rotatable bonds is 4. The Labute approximate surface area is 271 Å². The molecule has 0 aliphatic carbocycles. The van der Waals surface area contributed by atoms with Gasteiger partial charge in [0.15, 0.2) is 0 Å². The topological polar surface area (TPSA) is 21.7 Å². The largest absolute Gasteiger partial charge is 0.458 e. The Bertz CT molecular complexity index is 2510. The highest BCUT2D eigenvalue weighted by Crippen LogP contribution is 2.47. The van der Waals surface area contributed by atoms with E-state index in [0.29, 0.717) is 39.7 Å². The van der Waals surface area contributed by atoms with E-state index in [1.807, 2.05) is 115 Å². The molecule has 7 aromatic rings. The van der Waals surface area contributed by atoms with Gasteiger partial charge in [0.05, 0.1) is 19.6 Å². The van der Waals surface area contributed by atoms with E-state index in [-0.39, 0.29) is 41.7 Å². The lowest BCUT2D eigenvalue weighted by atomic mass is 9.35. The third-order valence-electron chi connectivity index (χ3n) is 8.59. The molecular weight excluding hydrogens is 549 g/mol. The summed E-state index contributed by atoms with van der Waals surface area (Å²) >= 11 is 0. The summed E-state index contributed by atoms with van der Waals surface area (Å²) in [6.07, 6.45) is 0. The third kappa shape index (κ3) is 4.14. The minimum Gasteiger partial charge on any atom is -0.458 e. The number of anilines is 3. The molecule has 212 valence electrons. The minimum atomic E-state index is -0.455. The van der Waals surface area contributed by atoms with Gasteiger partial charge in [-0.3, -0.25) is 0 Å². The second-order valence-corrected chi connectivity index (χ2v) is 11.3. The van der Waals surface area contributed by atoms with Crippen molar-refractivity contribution in [3.8, 4) is 34.1 Å². The quantitative estimate of drug-likeness (QED) is 0.193. The fourth-order valence-corrected chi connectivity index (χ4v) is 6.54. The highest BCUT2D eigenvalue weighted by molar-refractivity contribution is 6.98. The summed E-state index contributed by atoms with van der Waals surface area (Å²) in [4.78, 5) is 1.90. The van der Waals surface area contributed by atoms with E-state index in [0.717, 1.165) is 33.5 Å². The van der Waals surface area contributed by atoms with Crippen LogP contribution < -0.4 is 30.8 Å². The Morgan fingerprint density at radius 1 is 0.600 bits per heavy atom. The maximum absolute atomic E-state index is 9.41. The Morgan fingerprint density at radius 3 is 1.91 bits per heavy atom. The molecule has 0 bridgehead atoms. The van der Waals surface area contributed by atoms with Crippen molar-refractivity contribution >= 4 is 50.9 Å². The zero-order chi connectivity index (χ0) is 35.1. The molecule has 0 atom stereocenters. The lowest BCUT2D eigenvalue weighted by molar-refractivity contribution is 0.465. The first-order valence-electron chi connectivity index (χ1n) is 17.9. The fraction of sp³-hybridized carbons (Fsp3) is 0.0244. The predicted octanol–water partition coefficient (Wildman–Crippen LogP) is 9.01. The monoisotopic (exact) mass is 583 g/mol. The van der Waals surface area contributed by atoms with E-state index < -0.39 is 12.1 Å². The van der Waals surface area contributed by atoms with E-state index in [9.17, 15) is 2.74 Å². The lowest BCUT2D eigenvalue weighted by Gasteiger charge is -2.35. The second kappa shape index (κ2) is 10.2. The first-order valence-corrected chi connectivity index (χ1v) is 14.9. The smallest absolute Gasteiger partial charge is 0.260 e. The summed E-state index contributed by atoms with van der Waals surface area (Å²) in [5, 5.41) is 0.121. The number of aryl methyl sites for hydroxylation is 1. The molecule has 0 aromatic heterocycles. The molecule has 2 aliphatic heterocycles. The van der Waals surface area contributed by atoms with Gasteiger partial charge in [0, 0.05) is 34.2 Å². The SMILES string of the molecule is [2H]c1c([2H])c([2H])c2c(N(c3ccc(C)cc3)c3cc4c5c(c3)Oc3ccccc3B5c3ccccc3O4)c(-c3ccccc3)c([2H])c([2H])c2c1[2H]. The Morgan fingerprint density at radius 2 is 1.22 bits per heavy atom. The van der Waals surface area contributed by atoms with Gasteiger partial charge < -0.3 is 14.4 Å². The highest BCUT2D eigenvalue weighted by Gasteiger charge is 2.40. The molecule has 4 heteroatoms. The standard InChI is InChI=1S/C41H28BNO2/c1-27-19-22-30(23-20-27)43(41-32-14-6-5-13-29(32)21-24-33(41)28-11-3-2-4-12-28)31-25-38-40-39(26-31)45-37-18-10-8-16-35(37)42(40)34-15-7-9-17-36(34)44-38/h2-26H,1H3/i5D,6D,13D,14D,21D,24D. The van der Waals surface area contributed by atoms with E-state index in [1.54, 1.807) is 0 Å². The van der Waals surface area contributed by atoms with Crippen molar-refractivity contribution in [2.45, 2.75) is 6.92 Å². The van der Waals surface area contributed by atoms with Gasteiger partial charge in [0.25, 0.3) is 6.71 Å². The maximum atomic E-state index is 9.41. The van der Waals surface area contributed by atoms with Crippen LogP contribution in [0, 0.1) is 6.92 Å². The predicted molar refractivity (Wildman–Crippen MR) is 186 cm³/mol. The van der Waals surface area contributed by atoms with E-state index in [2.05, 4.69) is 12.1 Å². The van der Waals surface area contributed by atoms with Crippen LogP contribution in [0.15, 0.2) is 152 Å². The van der Waals surface area contributed by atoms with Gasteiger partial charge in [0.2, 0.25) is 0 Å². The first-order chi connectivity index (χ1) is 24.7. The molecule has 7 aromatic carbocycles. The van der Waals surface area contributed by atoms with Gasteiger partial charge in [-0.25, -0.2) is 0 Å². The number of fused-ring (bicyclic) bond motifs is 5. The molecule has 45 heavy (non-hydrogen) atoms. The highest BCUT2D eigenvalue weighted by atomic mass is 16.5. The maximum Gasteiger partial charge on any atom is 0.260 e. The number of nitrogens with zero attached hydrogens (tertiary/aromatic N) is 1. The average Bonchev–Trinajstić information content (AvgIpc) is 3.15. The fourth-order valence-electron chi connectivity index (χ4n) is 6.54. The molecule has 9 rings (SSSR count). The normalized spacial score (nSPS) is 14.3. The summed E-state index contributed by atoms with van der Waals surface area (Å²) in [5.74, 6) is 2.64. The Kier molecular flexibility index (Phi) is 4.58. The summed E-state index contributed by atoms with van der Waals surface area (Å²) in [6.45, 7) is 1.85. The molecule has 0 N–H and O–H groups in total. The van der Waals surface area contributed by atoms with Crippen molar-refractivity contribution in [3.05, 3.63) is 157 Å². The molecular formula is C41H28BNO2. The van der Waals surface area contributed by atoms with Crippen LogP contribution in [0.1, 0.15) is 13.8 Å². The molecule has 2 heterocycles. The average molecular weight is 584 g/mol. The number of benzene rings is 7. The van der Waals surface area contributed by atoms with E-state index >= 15 is 0 Å². The molecule has 3 nitrogen and oxygen atoms in total. The van der Waals surface area contributed by atoms with Crippen LogP contribution >= 0.6 is 0 Å². The molecule has 0 fully saturated rings. The summed E-state index contributed by atoms with van der Waals surface area (Å²) < 4.78 is 67.2. The molecule has 0 saturated heterocycles. The van der Waals surface area contributed by atoms with Crippen LogP contribution in [-0.2, 0) is 0 Å². The van der Waals surface area contributed by atoms with Gasteiger partial charge in [-0.1, -0.05) is 121 Å². The molecule has 0 amide bonds. The van der Waals surface area contributed by atoms with Gasteiger partial charge in [0.1, 0.15) is 23.0 Å². The number of hydrogen-bond acceptors (Lipinski definition) is 3. The number of para-hydroxylation sites is 2. The van der Waals surface area contributed by atoms with Crippen molar-refractivity contribution in [1.82, 2.24) is 0 Å². The third-order valence-corrected chi connectivity index (χ3v) is 8.59. The van der Waals surface area contributed by atoms with Crippen LogP contribution in [0.2, 0.25) is 0 Å². The summed E-state index contributed by atoms with van der Waals surface area (Å²) in [5.41, 5.74) is 6.59. The molecule has 0 spiro atoms. The van der Waals surface area contributed by atoms with E-state index in [1.165, 1.54) is 0 Å².